The molecule has 6 heteroatoms. The molecule has 1 rings (SSSR count). The molecule has 0 aliphatic heterocycles. The van der Waals surface area contributed by atoms with E-state index in [-0.39, 0.29) is 12.1 Å². The molecule has 0 aromatic carbocycles. The molecule has 0 aliphatic rings. The SMILES string of the molecule is CCC(Cc1ncc(C)c([N+](=O)[O-])c1C)C(=O)O. The number of hydrogen-bond acceptors (Lipinski definition) is 4. The summed E-state index contributed by atoms with van der Waals surface area (Å²) in [6.45, 7) is 5.01. The van der Waals surface area contributed by atoms with Crippen molar-refractivity contribution >= 4 is 11.7 Å². The Bertz CT molecular complexity index is 485. The largest absolute Gasteiger partial charge is 0.481 e. The predicted molar refractivity (Wildman–Crippen MR) is 65.5 cm³/mol. The van der Waals surface area contributed by atoms with Crippen LogP contribution in [0, 0.1) is 29.9 Å². The Balaban J connectivity index is 3.15. The van der Waals surface area contributed by atoms with Crippen LogP contribution in [0.15, 0.2) is 6.20 Å². The van der Waals surface area contributed by atoms with E-state index in [1.54, 1.807) is 20.8 Å². The van der Waals surface area contributed by atoms with E-state index in [1.165, 1.54) is 6.20 Å². The zero-order valence-corrected chi connectivity index (χ0v) is 10.6. The third-order valence-corrected chi connectivity index (χ3v) is 3.04. The molecule has 98 valence electrons. The lowest BCUT2D eigenvalue weighted by Gasteiger charge is -2.11. The molecule has 0 bridgehead atoms. The maximum absolute atomic E-state index is 11.0. The van der Waals surface area contributed by atoms with Crippen molar-refractivity contribution in [2.24, 2.45) is 5.92 Å². The van der Waals surface area contributed by atoms with Gasteiger partial charge < -0.3 is 5.11 Å². The second kappa shape index (κ2) is 5.57. The third kappa shape index (κ3) is 2.82. The lowest BCUT2D eigenvalue weighted by molar-refractivity contribution is -0.386. The first-order chi connectivity index (χ1) is 8.38. The summed E-state index contributed by atoms with van der Waals surface area (Å²) >= 11 is 0. The Labute approximate surface area is 105 Å². The second-order valence-corrected chi connectivity index (χ2v) is 4.27. The molecular formula is C12H16N2O4. The molecule has 0 radical (unpaired) electrons. The molecule has 1 aromatic heterocycles. The first kappa shape index (κ1) is 14.1. The Morgan fingerprint density at radius 2 is 2.17 bits per heavy atom. The van der Waals surface area contributed by atoms with Crippen LogP contribution in [0.25, 0.3) is 0 Å². The molecule has 1 N–H and O–H groups in total. The highest BCUT2D eigenvalue weighted by Gasteiger charge is 2.23. The van der Waals surface area contributed by atoms with E-state index < -0.39 is 16.8 Å². The van der Waals surface area contributed by atoms with Gasteiger partial charge in [0.1, 0.15) is 0 Å². The van der Waals surface area contributed by atoms with Crippen molar-refractivity contribution < 1.29 is 14.8 Å². The molecule has 1 aromatic rings. The maximum Gasteiger partial charge on any atom is 0.306 e. The summed E-state index contributed by atoms with van der Waals surface area (Å²) in [5.74, 6) is -1.46. The van der Waals surface area contributed by atoms with Crippen LogP contribution in [-0.2, 0) is 11.2 Å². The smallest absolute Gasteiger partial charge is 0.306 e. The lowest BCUT2D eigenvalue weighted by atomic mass is 9.97. The number of rotatable bonds is 5. The van der Waals surface area contributed by atoms with Crippen molar-refractivity contribution in [3.05, 3.63) is 33.1 Å². The van der Waals surface area contributed by atoms with Gasteiger partial charge in [-0.05, 0) is 20.3 Å². The maximum atomic E-state index is 11.0. The van der Waals surface area contributed by atoms with Gasteiger partial charge in [0.05, 0.1) is 16.5 Å². The average molecular weight is 252 g/mol. The monoisotopic (exact) mass is 252 g/mol. The average Bonchev–Trinajstić information content (AvgIpc) is 2.27. The van der Waals surface area contributed by atoms with Gasteiger partial charge in [0, 0.05) is 23.7 Å². The van der Waals surface area contributed by atoms with Gasteiger partial charge in [-0.25, -0.2) is 0 Å². The second-order valence-electron chi connectivity index (χ2n) is 4.27. The Hall–Kier alpha value is -1.98. The van der Waals surface area contributed by atoms with Gasteiger partial charge >= 0.3 is 5.97 Å². The molecule has 0 aliphatic carbocycles. The zero-order valence-electron chi connectivity index (χ0n) is 10.6. The molecule has 0 amide bonds. The Kier molecular flexibility index (Phi) is 4.36. The number of nitro groups is 1. The molecule has 0 spiro atoms. The fourth-order valence-corrected chi connectivity index (χ4v) is 1.89. The molecule has 0 saturated carbocycles. The van der Waals surface area contributed by atoms with Gasteiger partial charge in [-0.15, -0.1) is 0 Å². The molecule has 1 unspecified atom stereocenters. The van der Waals surface area contributed by atoms with E-state index >= 15 is 0 Å². The van der Waals surface area contributed by atoms with E-state index in [4.69, 9.17) is 5.11 Å². The van der Waals surface area contributed by atoms with E-state index in [2.05, 4.69) is 4.98 Å². The number of carboxylic acid groups (broad SMARTS) is 1. The number of pyridine rings is 1. The van der Waals surface area contributed by atoms with Gasteiger partial charge in [-0.3, -0.25) is 19.9 Å². The molecular weight excluding hydrogens is 236 g/mol. The highest BCUT2D eigenvalue weighted by molar-refractivity contribution is 5.70. The molecule has 1 atom stereocenters. The van der Waals surface area contributed by atoms with E-state index in [9.17, 15) is 14.9 Å². The van der Waals surface area contributed by atoms with Crippen molar-refractivity contribution in [2.45, 2.75) is 33.6 Å². The summed E-state index contributed by atoms with van der Waals surface area (Å²) in [5, 5.41) is 19.9. The quantitative estimate of drug-likeness (QED) is 0.640. The minimum Gasteiger partial charge on any atom is -0.481 e. The summed E-state index contributed by atoms with van der Waals surface area (Å²) in [6, 6.07) is 0. The standard InChI is InChI=1S/C12H16N2O4/c1-4-9(12(15)16)5-10-8(3)11(14(17)18)7(2)6-13-10/h6,9H,4-5H2,1-3H3,(H,15,16). The molecule has 1 heterocycles. The molecule has 6 nitrogen and oxygen atoms in total. The summed E-state index contributed by atoms with van der Waals surface area (Å²) in [4.78, 5) is 25.6. The van der Waals surface area contributed by atoms with Crippen LogP contribution in [0.1, 0.15) is 30.2 Å². The van der Waals surface area contributed by atoms with Crippen molar-refractivity contribution in [2.75, 3.05) is 0 Å². The van der Waals surface area contributed by atoms with Gasteiger partial charge in [-0.1, -0.05) is 6.92 Å². The normalized spacial score (nSPS) is 12.2. The number of hydrogen-bond donors (Lipinski definition) is 1. The first-order valence-corrected chi connectivity index (χ1v) is 5.70. The Morgan fingerprint density at radius 1 is 1.56 bits per heavy atom. The minimum atomic E-state index is -0.901. The highest BCUT2D eigenvalue weighted by Crippen LogP contribution is 2.26. The fourth-order valence-electron chi connectivity index (χ4n) is 1.89. The van der Waals surface area contributed by atoms with Crippen LogP contribution in [0.4, 0.5) is 5.69 Å². The van der Waals surface area contributed by atoms with Crippen LogP contribution in [0.5, 0.6) is 0 Å². The van der Waals surface area contributed by atoms with Crippen LogP contribution in [-0.4, -0.2) is 21.0 Å². The van der Waals surface area contributed by atoms with Gasteiger partial charge in [0.2, 0.25) is 0 Å². The van der Waals surface area contributed by atoms with Gasteiger partial charge in [-0.2, -0.15) is 0 Å². The number of aromatic nitrogens is 1. The topological polar surface area (TPSA) is 93.3 Å². The van der Waals surface area contributed by atoms with Crippen molar-refractivity contribution in [1.82, 2.24) is 4.98 Å². The summed E-state index contributed by atoms with van der Waals surface area (Å²) in [7, 11) is 0. The van der Waals surface area contributed by atoms with Crippen LogP contribution >= 0.6 is 0 Å². The number of aliphatic carboxylic acids is 1. The first-order valence-electron chi connectivity index (χ1n) is 5.70. The fraction of sp³-hybridized carbons (Fsp3) is 0.500. The van der Waals surface area contributed by atoms with E-state index in [0.29, 0.717) is 23.2 Å². The number of aryl methyl sites for hydroxylation is 1. The Morgan fingerprint density at radius 3 is 2.61 bits per heavy atom. The number of nitrogens with zero attached hydrogens (tertiary/aromatic N) is 2. The van der Waals surface area contributed by atoms with Crippen molar-refractivity contribution in [1.29, 1.82) is 0 Å². The predicted octanol–water partition coefficient (Wildman–Crippen LogP) is 2.26. The van der Waals surface area contributed by atoms with E-state index in [0.717, 1.165) is 0 Å². The number of carboxylic acids is 1. The summed E-state index contributed by atoms with van der Waals surface area (Å²) in [6.07, 6.45) is 2.12. The lowest BCUT2D eigenvalue weighted by Crippen LogP contribution is -2.17. The van der Waals surface area contributed by atoms with Crippen molar-refractivity contribution in [3.63, 3.8) is 0 Å². The minimum absolute atomic E-state index is 0.0280. The highest BCUT2D eigenvalue weighted by atomic mass is 16.6. The summed E-state index contributed by atoms with van der Waals surface area (Å²) in [5.41, 5.74) is 1.46. The molecule has 18 heavy (non-hydrogen) atoms. The van der Waals surface area contributed by atoms with Crippen LogP contribution in [0.2, 0.25) is 0 Å². The van der Waals surface area contributed by atoms with Gasteiger partial charge in [0.15, 0.2) is 0 Å². The molecule has 0 saturated heterocycles. The van der Waals surface area contributed by atoms with Crippen LogP contribution < -0.4 is 0 Å². The molecule has 0 fully saturated rings. The number of carbonyl (C=O) groups is 1. The zero-order chi connectivity index (χ0) is 13.9. The third-order valence-electron chi connectivity index (χ3n) is 3.04. The van der Waals surface area contributed by atoms with Crippen LogP contribution in [0.3, 0.4) is 0 Å². The van der Waals surface area contributed by atoms with Gasteiger partial charge in [0.25, 0.3) is 5.69 Å². The summed E-state index contributed by atoms with van der Waals surface area (Å²) < 4.78 is 0. The van der Waals surface area contributed by atoms with Crippen molar-refractivity contribution in [3.8, 4) is 0 Å². The van der Waals surface area contributed by atoms with E-state index in [1.807, 2.05) is 0 Å².